The molecule has 1 aromatic heterocycles. The summed E-state index contributed by atoms with van der Waals surface area (Å²) < 4.78 is 0. The van der Waals surface area contributed by atoms with Gasteiger partial charge in [0.2, 0.25) is 0 Å². The van der Waals surface area contributed by atoms with Gasteiger partial charge in [0.1, 0.15) is 0 Å². The lowest BCUT2D eigenvalue weighted by molar-refractivity contribution is 0.308. The molecule has 0 spiro atoms. The molecule has 0 amide bonds. The Morgan fingerprint density at radius 3 is 2.54 bits per heavy atom. The third kappa shape index (κ3) is 3.76. The fraction of sp³-hybridized carbons (Fsp3) is 0.350. The number of aromatic nitrogens is 1. The van der Waals surface area contributed by atoms with E-state index in [0.717, 1.165) is 53.9 Å². The average Bonchev–Trinajstić information content (AvgIpc) is 2.65. The molecule has 1 aromatic carbocycles. The lowest BCUT2D eigenvalue weighted by Crippen LogP contribution is -2.30. The first-order chi connectivity index (χ1) is 12.4. The molecule has 138 valence electrons. The van der Waals surface area contributed by atoms with Crippen molar-refractivity contribution < 1.29 is 10.2 Å². The number of rotatable bonds is 5. The van der Waals surface area contributed by atoms with Crippen molar-refractivity contribution in [1.29, 1.82) is 0 Å². The SMILES string of the molecule is C=C(CCCc1ccc(C)cn1)N1CCc2c(Cl)c(O)c(O)c(Cl)c2C1. The van der Waals surface area contributed by atoms with E-state index in [0.29, 0.717) is 13.0 Å². The van der Waals surface area contributed by atoms with Crippen molar-refractivity contribution in [1.82, 2.24) is 9.88 Å². The van der Waals surface area contributed by atoms with Gasteiger partial charge in [0, 0.05) is 30.7 Å². The van der Waals surface area contributed by atoms with Gasteiger partial charge in [-0.2, -0.15) is 0 Å². The summed E-state index contributed by atoms with van der Waals surface area (Å²) >= 11 is 12.4. The van der Waals surface area contributed by atoms with Crippen molar-refractivity contribution in [2.75, 3.05) is 6.54 Å². The van der Waals surface area contributed by atoms with E-state index in [9.17, 15) is 10.2 Å². The summed E-state index contributed by atoms with van der Waals surface area (Å²) in [4.78, 5) is 6.59. The molecule has 1 aliphatic heterocycles. The number of nitrogens with zero attached hydrogens (tertiary/aromatic N) is 2. The van der Waals surface area contributed by atoms with Crippen molar-refractivity contribution in [3.05, 3.63) is 63.0 Å². The summed E-state index contributed by atoms with van der Waals surface area (Å²) in [6.07, 6.45) is 5.28. The van der Waals surface area contributed by atoms with Crippen LogP contribution in [0.2, 0.25) is 10.0 Å². The fourth-order valence-electron chi connectivity index (χ4n) is 3.25. The maximum atomic E-state index is 9.94. The molecule has 0 saturated heterocycles. The van der Waals surface area contributed by atoms with Gasteiger partial charge in [-0.25, -0.2) is 0 Å². The van der Waals surface area contributed by atoms with Crippen LogP contribution in [0.1, 0.15) is 35.2 Å². The molecule has 4 nitrogen and oxygen atoms in total. The number of hydrogen-bond donors (Lipinski definition) is 2. The largest absolute Gasteiger partial charge is 0.503 e. The minimum atomic E-state index is -0.353. The van der Waals surface area contributed by atoms with Crippen LogP contribution >= 0.6 is 23.2 Å². The van der Waals surface area contributed by atoms with E-state index >= 15 is 0 Å². The van der Waals surface area contributed by atoms with E-state index in [2.05, 4.69) is 28.6 Å². The number of pyridine rings is 1. The lowest BCUT2D eigenvalue weighted by atomic mass is 9.97. The Kier molecular flexibility index (Phi) is 5.64. The number of phenolic OH excluding ortho intramolecular Hbond substituents is 2. The maximum absolute atomic E-state index is 9.94. The molecular weight excluding hydrogens is 371 g/mol. The van der Waals surface area contributed by atoms with E-state index in [-0.39, 0.29) is 21.5 Å². The molecule has 0 bridgehead atoms. The first kappa shape index (κ1) is 18.9. The highest BCUT2D eigenvalue weighted by atomic mass is 35.5. The Bertz CT molecular complexity index is 835. The van der Waals surface area contributed by atoms with Crippen molar-refractivity contribution in [3.8, 4) is 11.5 Å². The third-order valence-electron chi connectivity index (χ3n) is 4.83. The van der Waals surface area contributed by atoms with Gasteiger partial charge in [-0.1, -0.05) is 35.8 Å². The molecular formula is C20H22Cl2N2O2. The Morgan fingerprint density at radius 1 is 1.19 bits per heavy atom. The predicted octanol–water partition coefficient (Wildman–Crippen LogP) is 5.00. The fourth-order valence-corrected chi connectivity index (χ4v) is 3.81. The number of benzene rings is 1. The predicted molar refractivity (Wildman–Crippen MR) is 105 cm³/mol. The standard InChI is InChI=1S/C20H22Cl2N2O2/c1-12-6-7-14(23-10-12)5-3-4-13(2)24-9-8-15-16(11-24)18(22)20(26)19(25)17(15)21/h6-7,10,25-26H,2-5,8-9,11H2,1H3. The monoisotopic (exact) mass is 392 g/mol. The second kappa shape index (κ2) is 7.77. The molecule has 0 unspecified atom stereocenters. The van der Waals surface area contributed by atoms with Gasteiger partial charge in [-0.05, 0) is 55.4 Å². The molecule has 26 heavy (non-hydrogen) atoms. The van der Waals surface area contributed by atoms with Crippen molar-refractivity contribution in [2.24, 2.45) is 0 Å². The van der Waals surface area contributed by atoms with Crippen molar-refractivity contribution in [3.63, 3.8) is 0 Å². The zero-order valence-corrected chi connectivity index (χ0v) is 16.2. The van der Waals surface area contributed by atoms with E-state index in [4.69, 9.17) is 23.2 Å². The number of halogens is 2. The molecule has 1 aliphatic rings. The van der Waals surface area contributed by atoms with Crippen LogP contribution in [0.4, 0.5) is 0 Å². The van der Waals surface area contributed by atoms with Crippen LogP contribution < -0.4 is 0 Å². The first-order valence-corrected chi connectivity index (χ1v) is 9.39. The van der Waals surface area contributed by atoms with Crippen LogP contribution in [-0.4, -0.2) is 26.6 Å². The Labute approximate surface area is 163 Å². The Hall–Kier alpha value is -1.91. The number of hydrogen-bond acceptors (Lipinski definition) is 4. The van der Waals surface area contributed by atoms with Crippen molar-refractivity contribution in [2.45, 2.75) is 39.2 Å². The van der Waals surface area contributed by atoms with Gasteiger partial charge < -0.3 is 15.1 Å². The smallest absolute Gasteiger partial charge is 0.178 e. The van der Waals surface area contributed by atoms with Gasteiger partial charge in [0.15, 0.2) is 11.5 Å². The van der Waals surface area contributed by atoms with E-state index in [1.807, 2.05) is 13.1 Å². The normalized spacial score (nSPS) is 13.6. The average molecular weight is 393 g/mol. The van der Waals surface area contributed by atoms with E-state index in [1.54, 1.807) is 0 Å². The van der Waals surface area contributed by atoms with Crippen LogP contribution in [-0.2, 0) is 19.4 Å². The van der Waals surface area contributed by atoms with Crippen LogP contribution in [0.25, 0.3) is 0 Å². The number of aryl methyl sites for hydroxylation is 2. The van der Waals surface area contributed by atoms with Crippen LogP contribution in [0.5, 0.6) is 11.5 Å². The lowest BCUT2D eigenvalue weighted by Gasteiger charge is -2.33. The summed E-state index contributed by atoms with van der Waals surface area (Å²) in [5.74, 6) is -0.693. The second-order valence-electron chi connectivity index (χ2n) is 6.70. The molecule has 2 N–H and O–H groups in total. The highest BCUT2D eigenvalue weighted by molar-refractivity contribution is 6.36. The van der Waals surface area contributed by atoms with Crippen molar-refractivity contribution >= 4 is 23.2 Å². The highest BCUT2D eigenvalue weighted by Crippen LogP contribution is 2.46. The van der Waals surface area contributed by atoms with Gasteiger partial charge in [0.25, 0.3) is 0 Å². The quantitative estimate of drug-likeness (QED) is 0.702. The van der Waals surface area contributed by atoms with Crippen LogP contribution in [0.15, 0.2) is 30.6 Å². The van der Waals surface area contributed by atoms with Gasteiger partial charge in [-0.15, -0.1) is 0 Å². The van der Waals surface area contributed by atoms with Gasteiger partial charge in [-0.3, -0.25) is 4.98 Å². The number of allylic oxidation sites excluding steroid dienone is 1. The summed E-state index contributed by atoms with van der Waals surface area (Å²) in [6, 6.07) is 4.14. The molecule has 2 heterocycles. The highest BCUT2D eigenvalue weighted by Gasteiger charge is 2.27. The Morgan fingerprint density at radius 2 is 1.88 bits per heavy atom. The second-order valence-corrected chi connectivity index (χ2v) is 7.46. The molecule has 0 aliphatic carbocycles. The Balaban J connectivity index is 1.63. The van der Waals surface area contributed by atoms with E-state index < -0.39 is 0 Å². The molecule has 3 rings (SSSR count). The number of fused-ring (bicyclic) bond motifs is 1. The minimum absolute atomic E-state index is 0.170. The summed E-state index contributed by atoms with van der Waals surface area (Å²) in [6.45, 7) is 7.53. The summed E-state index contributed by atoms with van der Waals surface area (Å²) in [5, 5.41) is 20.2. The number of aromatic hydroxyl groups is 2. The zero-order chi connectivity index (χ0) is 18.8. The molecule has 0 fully saturated rings. The van der Waals surface area contributed by atoms with Crippen LogP contribution in [0.3, 0.4) is 0 Å². The molecule has 0 radical (unpaired) electrons. The summed E-state index contributed by atoms with van der Waals surface area (Å²) in [7, 11) is 0. The molecule has 0 atom stereocenters. The topological polar surface area (TPSA) is 56.6 Å². The maximum Gasteiger partial charge on any atom is 0.178 e. The molecule has 0 saturated carbocycles. The molecule has 6 heteroatoms. The zero-order valence-electron chi connectivity index (χ0n) is 14.7. The first-order valence-electron chi connectivity index (χ1n) is 8.63. The van der Waals surface area contributed by atoms with Gasteiger partial charge in [0.05, 0.1) is 10.0 Å². The summed E-state index contributed by atoms with van der Waals surface area (Å²) in [5.41, 5.74) is 4.85. The number of phenols is 2. The van der Waals surface area contributed by atoms with Crippen LogP contribution in [0, 0.1) is 6.92 Å². The third-order valence-corrected chi connectivity index (χ3v) is 5.65. The van der Waals surface area contributed by atoms with Gasteiger partial charge >= 0.3 is 0 Å². The van der Waals surface area contributed by atoms with E-state index in [1.165, 1.54) is 0 Å². The molecule has 2 aromatic rings. The minimum Gasteiger partial charge on any atom is -0.503 e.